The summed E-state index contributed by atoms with van der Waals surface area (Å²) in [7, 11) is 0. The molecule has 134 valence electrons. The summed E-state index contributed by atoms with van der Waals surface area (Å²) in [4.78, 5) is 1.30. The second-order valence-corrected chi connectivity index (χ2v) is 7.97. The summed E-state index contributed by atoms with van der Waals surface area (Å²) >= 11 is 1.78. The van der Waals surface area contributed by atoms with Crippen molar-refractivity contribution >= 4 is 11.3 Å². The van der Waals surface area contributed by atoms with E-state index in [0.717, 1.165) is 6.42 Å². The van der Waals surface area contributed by atoms with Gasteiger partial charge in [0.2, 0.25) is 0 Å². The smallest absolute Gasteiger partial charge is 0.146 e. The highest BCUT2D eigenvalue weighted by Crippen LogP contribution is 2.48. The van der Waals surface area contributed by atoms with Crippen LogP contribution in [0.15, 0.2) is 78.2 Å². The van der Waals surface area contributed by atoms with E-state index in [9.17, 15) is 0 Å². The van der Waals surface area contributed by atoms with E-state index < -0.39 is 5.72 Å². The third-order valence-corrected chi connectivity index (χ3v) is 6.37. The molecule has 4 rings (SSSR count). The molecule has 1 aliphatic rings. The molecule has 0 amide bonds. The quantitative estimate of drug-likeness (QED) is 0.609. The van der Waals surface area contributed by atoms with E-state index in [-0.39, 0.29) is 12.1 Å². The van der Waals surface area contributed by atoms with E-state index in [1.54, 1.807) is 11.3 Å². The summed E-state index contributed by atoms with van der Waals surface area (Å²) in [5.74, 6) is 0.333. The Kier molecular flexibility index (Phi) is 4.94. The fourth-order valence-corrected chi connectivity index (χ4v) is 4.85. The lowest BCUT2D eigenvalue weighted by Gasteiger charge is -2.49. The third kappa shape index (κ3) is 3.11. The van der Waals surface area contributed by atoms with Gasteiger partial charge < -0.3 is 4.74 Å². The Hall–Kier alpha value is -1.94. The molecule has 2 nitrogen and oxygen atoms in total. The Labute approximate surface area is 159 Å². The zero-order chi connectivity index (χ0) is 18.0. The fraction of sp³-hybridized carbons (Fsp3) is 0.304. The van der Waals surface area contributed by atoms with Gasteiger partial charge in [-0.15, -0.1) is 11.3 Å². The molecule has 1 aromatic heterocycles. The van der Waals surface area contributed by atoms with Crippen LogP contribution in [-0.4, -0.2) is 0 Å². The molecular weight excluding hydrogens is 338 g/mol. The average Bonchev–Trinajstić information content (AvgIpc) is 3.24. The van der Waals surface area contributed by atoms with Crippen molar-refractivity contribution in [3.63, 3.8) is 0 Å². The number of rotatable bonds is 4. The maximum atomic E-state index is 6.82. The van der Waals surface area contributed by atoms with Crippen molar-refractivity contribution in [2.24, 2.45) is 5.92 Å². The molecule has 26 heavy (non-hydrogen) atoms. The van der Waals surface area contributed by atoms with Crippen LogP contribution in [0, 0.1) is 5.92 Å². The summed E-state index contributed by atoms with van der Waals surface area (Å²) in [5, 5.41) is 6.01. The van der Waals surface area contributed by atoms with Crippen molar-refractivity contribution in [2.75, 3.05) is 0 Å². The van der Waals surface area contributed by atoms with Crippen molar-refractivity contribution < 1.29 is 4.74 Å². The largest absolute Gasteiger partial charge is 0.347 e. The Morgan fingerprint density at radius 2 is 1.65 bits per heavy atom. The van der Waals surface area contributed by atoms with Crippen molar-refractivity contribution in [1.29, 1.82) is 0 Å². The molecule has 3 aromatic rings. The summed E-state index contributed by atoms with van der Waals surface area (Å²) < 4.78 is 6.82. The molecule has 0 bridgehead atoms. The molecule has 2 heterocycles. The lowest BCUT2D eigenvalue weighted by atomic mass is 9.83. The van der Waals surface area contributed by atoms with Crippen molar-refractivity contribution in [2.45, 2.75) is 38.1 Å². The number of nitrogens with one attached hydrogen (secondary N) is 1. The number of thiophene rings is 1. The topological polar surface area (TPSA) is 21.3 Å². The number of hydrogen-bond acceptors (Lipinski definition) is 3. The van der Waals surface area contributed by atoms with Gasteiger partial charge >= 0.3 is 0 Å². The first-order valence-electron chi connectivity index (χ1n) is 9.33. The molecule has 2 unspecified atom stereocenters. The molecule has 1 fully saturated rings. The van der Waals surface area contributed by atoms with E-state index in [1.165, 1.54) is 16.0 Å². The molecule has 1 N–H and O–H groups in total. The molecule has 1 saturated heterocycles. The minimum absolute atomic E-state index is 0.0709. The Bertz CT molecular complexity index is 818. The predicted molar refractivity (Wildman–Crippen MR) is 108 cm³/mol. The van der Waals surface area contributed by atoms with Crippen LogP contribution in [0.25, 0.3) is 0 Å². The summed E-state index contributed by atoms with van der Waals surface area (Å²) in [5.41, 5.74) is 2.03. The Balaban J connectivity index is 1.80. The van der Waals surface area contributed by atoms with E-state index in [4.69, 9.17) is 4.74 Å². The zero-order valence-electron chi connectivity index (χ0n) is 15.3. The minimum Gasteiger partial charge on any atom is -0.347 e. The van der Waals surface area contributed by atoms with Gasteiger partial charge in [-0.2, -0.15) is 0 Å². The van der Waals surface area contributed by atoms with Crippen molar-refractivity contribution in [1.82, 2.24) is 5.32 Å². The van der Waals surface area contributed by atoms with Gasteiger partial charge in [0, 0.05) is 16.8 Å². The molecule has 3 heteroatoms. The van der Waals surface area contributed by atoms with Crippen LogP contribution in [-0.2, 0) is 10.5 Å². The average molecular weight is 364 g/mol. The molecule has 0 aliphatic carbocycles. The van der Waals surface area contributed by atoms with E-state index in [2.05, 4.69) is 97.3 Å². The highest BCUT2D eigenvalue weighted by atomic mass is 32.1. The van der Waals surface area contributed by atoms with Crippen LogP contribution in [0.1, 0.15) is 48.4 Å². The van der Waals surface area contributed by atoms with Gasteiger partial charge in [-0.1, -0.05) is 80.6 Å². The van der Waals surface area contributed by atoms with Crippen LogP contribution in [0.4, 0.5) is 0 Å². The van der Waals surface area contributed by atoms with Crippen LogP contribution < -0.4 is 5.32 Å². The van der Waals surface area contributed by atoms with Gasteiger partial charge in [-0.25, -0.2) is 0 Å². The standard InChI is InChI=1S/C23H25NOS/c1-3-23(19-13-8-5-9-14-19)24-21(18-11-6-4-7-12-18)17(2)22(25-23)20-15-10-16-26-20/h4-17,21-22,24H,3H2,1-2H3/t17-,21?,22+,23?/m0/s1. The first kappa shape index (κ1) is 17.5. The van der Waals surface area contributed by atoms with Crippen LogP contribution in [0.3, 0.4) is 0 Å². The SMILES string of the molecule is CCC1(c2ccccc2)NC(c2ccccc2)[C@H](C)[C@H](c2cccs2)O1. The highest BCUT2D eigenvalue weighted by Gasteiger charge is 2.46. The third-order valence-electron chi connectivity index (χ3n) is 5.44. The summed E-state index contributed by atoms with van der Waals surface area (Å²) in [6.45, 7) is 4.49. The van der Waals surface area contributed by atoms with Gasteiger partial charge in [0.1, 0.15) is 5.72 Å². The lowest BCUT2D eigenvalue weighted by molar-refractivity contribution is -0.190. The zero-order valence-corrected chi connectivity index (χ0v) is 16.1. The molecule has 2 aromatic carbocycles. The van der Waals surface area contributed by atoms with E-state index in [1.807, 2.05) is 0 Å². The molecule has 0 spiro atoms. The fourth-order valence-electron chi connectivity index (χ4n) is 3.98. The maximum absolute atomic E-state index is 6.82. The monoisotopic (exact) mass is 363 g/mol. The van der Waals surface area contributed by atoms with Crippen LogP contribution in [0.5, 0.6) is 0 Å². The molecule has 0 saturated carbocycles. The van der Waals surface area contributed by atoms with Gasteiger partial charge in [0.05, 0.1) is 6.10 Å². The van der Waals surface area contributed by atoms with Gasteiger partial charge in [-0.05, 0) is 29.0 Å². The predicted octanol–water partition coefficient (Wildman–Crippen LogP) is 6.05. The molecule has 4 atom stereocenters. The summed E-state index contributed by atoms with van der Waals surface area (Å²) in [6.07, 6.45) is 0.941. The summed E-state index contributed by atoms with van der Waals surface area (Å²) in [6, 6.07) is 25.9. The van der Waals surface area contributed by atoms with Gasteiger partial charge in [-0.3, -0.25) is 5.32 Å². The second kappa shape index (κ2) is 7.36. The molecule has 1 aliphatic heterocycles. The number of hydrogen-bond donors (Lipinski definition) is 1. The first-order chi connectivity index (χ1) is 12.7. The van der Waals surface area contributed by atoms with E-state index >= 15 is 0 Å². The molecular formula is C23H25NOS. The first-order valence-corrected chi connectivity index (χ1v) is 10.2. The van der Waals surface area contributed by atoms with E-state index in [0.29, 0.717) is 5.92 Å². The number of ether oxygens (including phenoxy) is 1. The second-order valence-electron chi connectivity index (χ2n) is 6.99. The Morgan fingerprint density at radius 1 is 0.962 bits per heavy atom. The lowest BCUT2D eigenvalue weighted by Crippen LogP contribution is -2.54. The Morgan fingerprint density at radius 3 is 2.27 bits per heavy atom. The maximum Gasteiger partial charge on any atom is 0.146 e. The van der Waals surface area contributed by atoms with Gasteiger partial charge in [0.15, 0.2) is 0 Å². The highest BCUT2D eigenvalue weighted by molar-refractivity contribution is 7.10. The normalized spacial score (nSPS) is 28.8. The van der Waals surface area contributed by atoms with Gasteiger partial charge in [0.25, 0.3) is 0 Å². The van der Waals surface area contributed by atoms with Crippen LogP contribution in [0.2, 0.25) is 0 Å². The minimum atomic E-state index is -0.483. The molecule has 0 radical (unpaired) electrons. The van der Waals surface area contributed by atoms with Crippen LogP contribution >= 0.6 is 11.3 Å². The van der Waals surface area contributed by atoms with Crippen molar-refractivity contribution in [3.8, 4) is 0 Å². The number of benzene rings is 2. The van der Waals surface area contributed by atoms with Crippen molar-refractivity contribution in [3.05, 3.63) is 94.2 Å².